The number of hydrogen-bond acceptors (Lipinski definition) is 9. The fourth-order valence-corrected chi connectivity index (χ4v) is 7.54. The van der Waals surface area contributed by atoms with Crippen LogP contribution in [-0.2, 0) is 29.1 Å². The maximum absolute atomic E-state index is 14.4. The van der Waals surface area contributed by atoms with Crippen molar-refractivity contribution in [3.05, 3.63) is 48.1 Å². The Morgan fingerprint density at radius 3 is 2.41 bits per heavy atom. The third kappa shape index (κ3) is 8.12. The summed E-state index contributed by atoms with van der Waals surface area (Å²) in [6, 6.07) is 4.60. The molecule has 0 spiro atoms. The Bertz CT molecular complexity index is 1780. The van der Waals surface area contributed by atoms with Gasteiger partial charge in [0.05, 0.1) is 17.3 Å². The second kappa shape index (κ2) is 13.1. The predicted molar refractivity (Wildman–Crippen MR) is 183 cm³/mol. The van der Waals surface area contributed by atoms with Crippen LogP contribution in [0, 0.1) is 11.3 Å². The van der Waals surface area contributed by atoms with Gasteiger partial charge in [0.25, 0.3) is 5.91 Å². The minimum Gasteiger partial charge on any atom is -0.488 e. The van der Waals surface area contributed by atoms with Gasteiger partial charge in [-0.15, -0.1) is 6.58 Å². The molecule has 13 nitrogen and oxygen atoms in total. The van der Waals surface area contributed by atoms with Gasteiger partial charge in [0.1, 0.15) is 35.1 Å². The molecule has 2 aliphatic carbocycles. The van der Waals surface area contributed by atoms with E-state index < -0.39 is 79.7 Å². The minimum absolute atomic E-state index is 0.0307. The van der Waals surface area contributed by atoms with Crippen molar-refractivity contribution in [2.75, 3.05) is 6.54 Å². The molecule has 2 saturated carbocycles. The molecule has 3 N–H and O–H groups in total. The lowest BCUT2D eigenvalue weighted by Gasteiger charge is -2.36. The Morgan fingerprint density at radius 1 is 1.12 bits per heavy atom. The van der Waals surface area contributed by atoms with E-state index in [2.05, 4.69) is 26.9 Å². The normalized spacial score (nSPS) is 24.5. The molecule has 1 aromatic heterocycles. The van der Waals surface area contributed by atoms with Crippen LogP contribution < -0.4 is 20.1 Å². The Balaban J connectivity index is 1.44. The van der Waals surface area contributed by atoms with E-state index >= 15 is 0 Å². The summed E-state index contributed by atoms with van der Waals surface area (Å²) in [7, 11) is -3.89. The van der Waals surface area contributed by atoms with Crippen molar-refractivity contribution in [2.45, 2.75) is 102 Å². The van der Waals surface area contributed by atoms with E-state index in [4.69, 9.17) is 21.1 Å². The number of likely N-dealkylation sites (tertiary alicyclic amines) is 1. The lowest BCUT2D eigenvalue weighted by molar-refractivity contribution is -0.143. The molecular formula is C34H44ClN5O8S. The molecule has 0 radical (unpaired) electrons. The summed E-state index contributed by atoms with van der Waals surface area (Å²) >= 11 is 6.17. The molecule has 1 aliphatic heterocycles. The van der Waals surface area contributed by atoms with Gasteiger partial charge in [-0.05, 0) is 69.7 Å². The Morgan fingerprint density at radius 2 is 1.82 bits per heavy atom. The molecule has 1 saturated heterocycles. The third-order valence-electron chi connectivity index (χ3n) is 8.83. The van der Waals surface area contributed by atoms with Gasteiger partial charge in [-0.3, -0.25) is 24.1 Å². The minimum atomic E-state index is -3.89. The highest BCUT2D eigenvalue weighted by Crippen LogP contribution is 2.45. The first-order valence-corrected chi connectivity index (χ1v) is 18.2. The number of sulfonamides is 1. The zero-order chi connectivity index (χ0) is 36.1. The summed E-state index contributed by atoms with van der Waals surface area (Å²) in [6.45, 7) is 14.2. The molecule has 2 aromatic rings. The molecule has 1 unspecified atom stereocenters. The number of benzene rings is 1. The van der Waals surface area contributed by atoms with E-state index in [0.29, 0.717) is 34.5 Å². The molecule has 0 bridgehead atoms. The lowest BCUT2D eigenvalue weighted by atomic mass is 9.85. The smallest absolute Gasteiger partial charge is 0.408 e. The van der Waals surface area contributed by atoms with Crippen molar-refractivity contribution in [1.82, 2.24) is 25.2 Å². The van der Waals surface area contributed by atoms with Crippen LogP contribution in [0.15, 0.2) is 43.1 Å². The van der Waals surface area contributed by atoms with Crippen molar-refractivity contribution in [2.24, 2.45) is 11.3 Å². The highest BCUT2D eigenvalue weighted by atomic mass is 35.5. The van der Waals surface area contributed by atoms with Gasteiger partial charge in [0.15, 0.2) is 0 Å². The van der Waals surface area contributed by atoms with Crippen LogP contribution in [-0.4, -0.2) is 83.2 Å². The van der Waals surface area contributed by atoms with Gasteiger partial charge < -0.3 is 25.0 Å². The number of pyridine rings is 1. The number of carbonyl (C=O) groups excluding carboxylic acids is 4. The van der Waals surface area contributed by atoms with E-state index in [-0.39, 0.29) is 19.4 Å². The number of hydrogen-bond donors (Lipinski definition) is 3. The quantitative estimate of drug-likeness (QED) is 0.309. The molecule has 4 amide bonds. The summed E-state index contributed by atoms with van der Waals surface area (Å²) in [6.07, 6.45) is 2.68. The lowest BCUT2D eigenvalue weighted by Crippen LogP contribution is -2.60. The number of ether oxygens (including phenoxy) is 2. The van der Waals surface area contributed by atoms with Crippen LogP contribution in [0.5, 0.6) is 5.75 Å². The number of nitrogens with one attached hydrogen (secondary N) is 3. The number of aromatic nitrogens is 1. The van der Waals surface area contributed by atoms with Gasteiger partial charge in [-0.2, -0.15) is 0 Å². The second-order valence-corrected chi connectivity index (χ2v) is 17.5. The molecular weight excluding hydrogens is 674 g/mol. The van der Waals surface area contributed by atoms with Gasteiger partial charge in [-0.25, -0.2) is 13.2 Å². The largest absolute Gasteiger partial charge is 0.488 e. The van der Waals surface area contributed by atoms with Gasteiger partial charge in [-0.1, -0.05) is 38.4 Å². The van der Waals surface area contributed by atoms with Gasteiger partial charge >= 0.3 is 6.09 Å². The summed E-state index contributed by atoms with van der Waals surface area (Å²) in [5.74, 6) is -2.12. The van der Waals surface area contributed by atoms with E-state index in [1.54, 1.807) is 72.0 Å². The summed E-state index contributed by atoms with van der Waals surface area (Å²) in [5.41, 5.74) is -2.58. The SMILES string of the molecule is C=C[C@@H]1C[C@]1(NC(=O)[C@@H]1CC(Oc2ccnc3cc(Cl)ccc23)CN1C(=O)[C@@H](NC(=O)OC(C)(C)C)C(C)(C)C)C(=O)NS(=O)(=O)C1CC1. The summed E-state index contributed by atoms with van der Waals surface area (Å²) in [4.78, 5) is 60.5. The molecule has 1 aromatic carbocycles. The maximum Gasteiger partial charge on any atom is 0.408 e. The van der Waals surface area contributed by atoms with Gasteiger partial charge in [0, 0.05) is 28.9 Å². The number of rotatable bonds is 10. The zero-order valence-corrected chi connectivity index (χ0v) is 30.1. The number of carbonyl (C=O) groups is 4. The molecule has 5 rings (SSSR count). The van der Waals surface area contributed by atoms with Crippen molar-refractivity contribution in [1.29, 1.82) is 0 Å². The molecule has 5 atom stereocenters. The van der Waals surface area contributed by atoms with E-state index in [1.165, 1.54) is 11.0 Å². The van der Waals surface area contributed by atoms with Crippen LogP contribution in [0.1, 0.15) is 67.2 Å². The van der Waals surface area contributed by atoms with Crippen molar-refractivity contribution in [3.8, 4) is 5.75 Å². The van der Waals surface area contributed by atoms with Crippen LogP contribution in [0.4, 0.5) is 4.79 Å². The Hall–Kier alpha value is -3.91. The average molecular weight is 718 g/mol. The van der Waals surface area contributed by atoms with Crippen LogP contribution in [0.25, 0.3) is 10.9 Å². The standard InChI is InChI=1S/C34H44ClN5O8S/c1-8-19-17-34(19,30(43)39-49(45,46)22-10-11-22)38-28(41)25-16-21(47-26-13-14-36-24-15-20(35)9-12-23(24)26)18-40(25)29(42)27(32(2,3)4)37-31(44)48-33(5,6)7/h8-9,12-15,19,21-22,25,27H,1,10-11,16-18H2,2-7H3,(H,37,44)(H,38,41)(H,39,43)/t19-,21?,25+,27-,34-/m1/s1. The molecule has 3 fully saturated rings. The third-order valence-corrected chi connectivity index (χ3v) is 10.9. The highest BCUT2D eigenvalue weighted by Gasteiger charge is 2.62. The van der Waals surface area contributed by atoms with E-state index in [9.17, 15) is 27.6 Å². The van der Waals surface area contributed by atoms with Crippen LogP contribution in [0.2, 0.25) is 5.02 Å². The zero-order valence-electron chi connectivity index (χ0n) is 28.5. The predicted octanol–water partition coefficient (Wildman–Crippen LogP) is 3.85. The molecule has 15 heteroatoms. The Labute approximate surface area is 291 Å². The van der Waals surface area contributed by atoms with Gasteiger partial charge in [0.2, 0.25) is 21.8 Å². The highest BCUT2D eigenvalue weighted by molar-refractivity contribution is 7.91. The second-order valence-electron chi connectivity index (χ2n) is 15.1. The molecule has 2 heterocycles. The summed E-state index contributed by atoms with van der Waals surface area (Å²) < 4.78 is 39.2. The number of alkyl carbamates (subject to hydrolysis) is 1. The fourth-order valence-electron chi connectivity index (χ4n) is 6.01. The first-order valence-electron chi connectivity index (χ1n) is 16.3. The van der Waals surface area contributed by atoms with Crippen LogP contribution >= 0.6 is 11.6 Å². The number of nitrogens with zero attached hydrogens (tertiary/aromatic N) is 2. The monoisotopic (exact) mass is 717 g/mol. The molecule has 3 aliphatic rings. The van der Waals surface area contributed by atoms with Crippen LogP contribution in [0.3, 0.4) is 0 Å². The van der Waals surface area contributed by atoms with Crippen molar-refractivity contribution >= 4 is 56.3 Å². The summed E-state index contributed by atoms with van der Waals surface area (Å²) in [5, 5.41) is 6.00. The number of fused-ring (bicyclic) bond motifs is 1. The molecule has 266 valence electrons. The topological polar surface area (TPSA) is 173 Å². The number of halogens is 1. The number of amides is 4. The van der Waals surface area contributed by atoms with Crippen molar-refractivity contribution < 1.29 is 37.1 Å². The van der Waals surface area contributed by atoms with Crippen molar-refractivity contribution in [3.63, 3.8) is 0 Å². The van der Waals surface area contributed by atoms with E-state index in [0.717, 1.165) is 0 Å². The Kier molecular flexibility index (Phi) is 9.71. The fraction of sp³-hybridized carbons (Fsp3) is 0.559. The average Bonchev–Trinajstić information content (AvgIpc) is 3.91. The van der Waals surface area contributed by atoms with E-state index in [1.807, 2.05) is 0 Å². The maximum atomic E-state index is 14.4. The molecule has 49 heavy (non-hydrogen) atoms. The first kappa shape index (κ1) is 36.4. The first-order chi connectivity index (χ1) is 22.7.